The molecule has 3 nitrogen and oxygen atoms in total. The fourth-order valence-corrected chi connectivity index (χ4v) is 1.16. The lowest BCUT2D eigenvalue weighted by Crippen LogP contribution is -2.23. The number of amidine groups is 1. The highest BCUT2D eigenvalue weighted by Crippen LogP contribution is 2.15. The molecule has 70 valence electrons. The molecule has 0 radical (unpaired) electrons. The number of nitrogens with two attached hydrogens (primary N) is 1. The van der Waals surface area contributed by atoms with Crippen LogP contribution in [0.4, 0.5) is 0 Å². The van der Waals surface area contributed by atoms with Crippen LogP contribution in [0.1, 0.15) is 18.6 Å². The van der Waals surface area contributed by atoms with Gasteiger partial charge in [0.05, 0.1) is 0 Å². The van der Waals surface area contributed by atoms with Crippen molar-refractivity contribution in [3.63, 3.8) is 0 Å². The van der Waals surface area contributed by atoms with E-state index in [4.69, 9.17) is 15.9 Å². The fourth-order valence-electron chi connectivity index (χ4n) is 1.16. The number of ether oxygens (including phenoxy) is 1. The SMILES string of the molecule is CCOC(C(=N)N)c1ccccc1. The summed E-state index contributed by atoms with van der Waals surface area (Å²) in [5.74, 6) is 0.0491. The van der Waals surface area contributed by atoms with Gasteiger partial charge < -0.3 is 10.5 Å². The molecule has 1 rings (SSSR count). The molecule has 3 N–H and O–H groups in total. The lowest BCUT2D eigenvalue weighted by Gasteiger charge is -2.15. The van der Waals surface area contributed by atoms with E-state index < -0.39 is 6.10 Å². The minimum absolute atomic E-state index is 0.0491. The topological polar surface area (TPSA) is 59.1 Å². The summed E-state index contributed by atoms with van der Waals surface area (Å²) in [5, 5.41) is 7.35. The summed E-state index contributed by atoms with van der Waals surface area (Å²) in [6.07, 6.45) is -0.397. The van der Waals surface area contributed by atoms with E-state index in [1.54, 1.807) is 0 Å². The van der Waals surface area contributed by atoms with E-state index in [1.807, 2.05) is 37.3 Å². The van der Waals surface area contributed by atoms with Crippen LogP contribution in [0.2, 0.25) is 0 Å². The average molecular weight is 178 g/mol. The molecule has 0 heterocycles. The van der Waals surface area contributed by atoms with Crippen molar-refractivity contribution in [2.75, 3.05) is 6.61 Å². The molecule has 1 atom stereocenters. The molecule has 13 heavy (non-hydrogen) atoms. The standard InChI is InChI=1S/C10H14N2O/c1-2-13-9(10(11)12)8-6-4-3-5-7-8/h3-7,9H,2H2,1H3,(H3,11,12). The largest absolute Gasteiger partial charge is 0.385 e. The highest BCUT2D eigenvalue weighted by molar-refractivity contribution is 5.83. The van der Waals surface area contributed by atoms with Gasteiger partial charge in [0.15, 0.2) is 0 Å². The first-order valence-corrected chi connectivity index (χ1v) is 4.26. The summed E-state index contributed by atoms with van der Waals surface area (Å²) in [6, 6.07) is 9.55. The second-order valence-electron chi connectivity index (χ2n) is 2.70. The Morgan fingerprint density at radius 2 is 2.08 bits per heavy atom. The van der Waals surface area contributed by atoms with E-state index in [0.29, 0.717) is 6.61 Å². The van der Waals surface area contributed by atoms with Crippen LogP contribution in [0, 0.1) is 5.41 Å². The van der Waals surface area contributed by atoms with Crippen molar-refractivity contribution in [1.29, 1.82) is 5.41 Å². The molecule has 0 saturated carbocycles. The molecule has 0 bridgehead atoms. The van der Waals surface area contributed by atoms with Crippen molar-refractivity contribution >= 4 is 5.84 Å². The van der Waals surface area contributed by atoms with Gasteiger partial charge >= 0.3 is 0 Å². The van der Waals surface area contributed by atoms with Crippen molar-refractivity contribution in [3.05, 3.63) is 35.9 Å². The molecule has 0 aromatic heterocycles. The Hall–Kier alpha value is -1.35. The zero-order valence-corrected chi connectivity index (χ0v) is 7.66. The van der Waals surface area contributed by atoms with Gasteiger partial charge in [-0.1, -0.05) is 30.3 Å². The number of hydrogen-bond donors (Lipinski definition) is 2. The predicted octanol–water partition coefficient (Wildman–Crippen LogP) is 1.70. The molecule has 0 amide bonds. The summed E-state index contributed by atoms with van der Waals surface area (Å²) in [6.45, 7) is 2.44. The highest BCUT2D eigenvalue weighted by Gasteiger charge is 2.13. The first kappa shape index (κ1) is 9.74. The summed E-state index contributed by atoms with van der Waals surface area (Å²) >= 11 is 0. The van der Waals surface area contributed by atoms with Gasteiger partial charge in [-0.15, -0.1) is 0 Å². The summed E-state index contributed by atoms with van der Waals surface area (Å²) < 4.78 is 5.34. The molecule has 0 aliphatic heterocycles. The van der Waals surface area contributed by atoms with Gasteiger partial charge in [0.25, 0.3) is 0 Å². The van der Waals surface area contributed by atoms with Crippen LogP contribution in [-0.4, -0.2) is 12.4 Å². The van der Waals surface area contributed by atoms with E-state index in [1.165, 1.54) is 0 Å². The smallest absolute Gasteiger partial charge is 0.139 e. The van der Waals surface area contributed by atoms with Crippen molar-refractivity contribution < 1.29 is 4.74 Å². The van der Waals surface area contributed by atoms with E-state index in [0.717, 1.165) is 5.56 Å². The molecule has 0 fully saturated rings. The Labute approximate surface area is 78.0 Å². The molecule has 1 aromatic carbocycles. The number of rotatable bonds is 4. The van der Waals surface area contributed by atoms with Gasteiger partial charge in [-0.3, -0.25) is 5.41 Å². The molecular formula is C10H14N2O. The quantitative estimate of drug-likeness (QED) is 0.544. The van der Waals surface area contributed by atoms with Gasteiger partial charge in [-0.2, -0.15) is 0 Å². The molecular weight excluding hydrogens is 164 g/mol. The van der Waals surface area contributed by atoms with Crippen LogP contribution < -0.4 is 5.73 Å². The Balaban J connectivity index is 2.82. The maximum absolute atomic E-state index is 7.35. The Morgan fingerprint density at radius 1 is 1.46 bits per heavy atom. The zero-order chi connectivity index (χ0) is 9.68. The van der Waals surface area contributed by atoms with Crippen molar-refractivity contribution in [3.8, 4) is 0 Å². The summed E-state index contributed by atoms with van der Waals surface area (Å²) in [5.41, 5.74) is 6.34. The van der Waals surface area contributed by atoms with Gasteiger partial charge in [0.2, 0.25) is 0 Å². The van der Waals surface area contributed by atoms with Crippen LogP contribution in [-0.2, 0) is 4.74 Å². The minimum Gasteiger partial charge on any atom is -0.385 e. The Morgan fingerprint density at radius 3 is 2.54 bits per heavy atom. The number of hydrogen-bond acceptors (Lipinski definition) is 2. The third-order valence-electron chi connectivity index (χ3n) is 1.72. The van der Waals surface area contributed by atoms with Crippen LogP contribution in [0.3, 0.4) is 0 Å². The molecule has 1 unspecified atom stereocenters. The third kappa shape index (κ3) is 2.56. The molecule has 3 heteroatoms. The summed E-state index contributed by atoms with van der Waals surface area (Å²) in [7, 11) is 0. The van der Waals surface area contributed by atoms with Crippen molar-refractivity contribution in [1.82, 2.24) is 0 Å². The van der Waals surface area contributed by atoms with Gasteiger partial charge in [-0.25, -0.2) is 0 Å². The maximum Gasteiger partial charge on any atom is 0.139 e. The normalized spacial score (nSPS) is 12.4. The van der Waals surface area contributed by atoms with E-state index in [9.17, 15) is 0 Å². The number of nitrogens with one attached hydrogen (secondary N) is 1. The van der Waals surface area contributed by atoms with Gasteiger partial charge in [0, 0.05) is 6.61 Å². The number of benzene rings is 1. The van der Waals surface area contributed by atoms with E-state index in [-0.39, 0.29) is 5.84 Å². The van der Waals surface area contributed by atoms with Gasteiger partial charge in [-0.05, 0) is 12.5 Å². The molecule has 1 aromatic rings. The van der Waals surface area contributed by atoms with Crippen LogP contribution in [0.15, 0.2) is 30.3 Å². The third-order valence-corrected chi connectivity index (χ3v) is 1.72. The van der Waals surface area contributed by atoms with E-state index in [2.05, 4.69) is 0 Å². The second kappa shape index (κ2) is 4.62. The van der Waals surface area contributed by atoms with Crippen molar-refractivity contribution in [2.45, 2.75) is 13.0 Å². The van der Waals surface area contributed by atoms with Crippen molar-refractivity contribution in [2.24, 2.45) is 5.73 Å². The lowest BCUT2D eigenvalue weighted by molar-refractivity contribution is 0.109. The highest BCUT2D eigenvalue weighted by atomic mass is 16.5. The first-order valence-electron chi connectivity index (χ1n) is 4.26. The monoisotopic (exact) mass is 178 g/mol. The lowest BCUT2D eigenvalue weighted by atomic mass is 10.1. The Bertz CT molecular complexity index is 272. The Kier molecular flexibility index (Phi) is 3.46. The first-order chi connectivity index (χ1) is 6.25. The molecule has 0 aliphatic rings. The van der Waals surface area contributed by atoms with Gasteiger partial charge in [0.1, 0.15) is 11.9 Å². The molecule has 0 saturated heterocycles. The minimum atomic E-state index is -0.397. The zero-order valence-electron chi connectivity index (χ0n) is 7.66. The predicted molar refractivity (Wildman–Crippen MR) is 52.7 cm³/mol. The van der Waals surface area contributed by atoms with Crippen LogP contribution in [0.5, 0.6) is 0 Å². The van der Waals surface area contributed by atoms with Crippen LogP contribution in [0.25, 0.3) is 0 Å². The fraction of sp³-hybridized carbons (Fsp3) is 0.300. The van der Waals surface area contributed by atoms with E-state index >= 15 is 0 Å². The average Bonchev–Trinajstić information content (AvgIpc) is 2.15. The van der Waals surface area contributed by atoms with Crippen LogP contribution >= 0.6 is 0 Å². The molecule has 0 spiro atoms. The second-order valence-corrected chi connectivity index (χ2v) is 2.70. The maximum atomic E-state index is 7.35. The molecule has 0 aliphatic carbocycles. The summed E-state index contributed by atoms with van der Waals surface area (Å²) in [4.78, 5) is 0.